The van der Waals surface area contributed by atoms with Crippen LogP contribution in [0.3, 0.4) is 0 Å². The first-order chi connectivity index (χ1) is 6.88. The minimum absolute atomic E-state index is 0.876. The number of hydrogen-bond acceptors (Lipinski definition) is 4. The molecule has 0 saturated carbocycles. The molecule has 0 aliphatic heterocycles. The number of aromatic nitrogens is 2. The van der Waals surface area contributed by atoms with Gasteiger partial charge in [-0.2, -0.15) is 0 Å². The molecule has 0 unspecified atom stereocenters. The van der Waals surface area contributed by atoms with Crippen LogP contribution in [-0.4, -0.2) is 17.0 Å². The zero-order valence-corrected chi connectivity index (χ0v) is 8.71. The van der Waals surface area contributed by atoms with E-state index in [4.69, 9.17) is 0 Å². The van der Waals surface area contributed by atoms with Gasteiger partial charge >= 0.3 is 0 Å². The first-order valence-electron chi connectivity index (χ1n) is 4.39. The van der Waals surface area contributed by atoms with Gasteiger partial charge in [0.15, 0.2) is 5.13 Å². The van der Waals surface area contributed by atoms with E-state index in [-0.39, 0.29) is 0 Å². The second-order valence-electron chi connectivity index (χ2n) is 2.93. The fourth-order valence-corrected chi connectivity index (χ4v) is 1.88. The van der Waals surface area contributed by atoms with E-state index in [1.165, 1.54) is 5.56 Å². The van der Waals surface area contributed by atoms with E-state index in [0.29, 0.717) is 0 Å². The highest BCUT2D eigenvalue weighted by atomic mass is 32.1. The van der Waals surface area contributed by atoms with Crippen LogP contribution in [0.15, 0.2) is 29.9 Å². The molecule has 0 spiro atoms. The van der Waals surface area contributed by atoms with Gasteiger partial charge in [0, 0.05) is 31.2 Å². The summed E-state index contributed by atoms with van der Waals surface area (Å²) in [5.74, 6) is 0. The van der Waals surface area contributed by atoms with Gasteiger partial charge in [0.1, 0.15) is 0 Å². The molecular formula is C10H11N3S. The Labute approximate surface area is 86.8 Å². The predicted octanol–water partition coefficient (Wildman–Crippen LogP) is 2.17. The molecule has 4 heteroatoms. The van der Waals surface area contributed by atoms with Crippen LogP contribution in [0.2, 0.25) is 0 Å². The minimum atomic E-state index is 0.876. The molecule has 0 amide bonds. The van der Waals surface area contributed by atoms with Crippen LogP contribution in [0.5, 0.6) is 0 Å². The SMILES string of the molecule is CNc1nc(Cc2ccncc2)cs1. The maximum Gasteiger partial charge on any atom is 0.182 e. The largest absolute Gasteiger partial charge is 0.365 e. The maximum absolute atomic E-state index is 4.41. The van der Waals surface area contributed by atoms with Gasteiger partial charge in [0.05, 0.1) is 5.69 Å². The Kier molecular flexibility index (Phi) is 2.74. The van der Waals surface area contributed by atoms with Crippen LogP contribution in [0, 0.1) is 0 Å². The van der Waals surface area contributed by atoms with Crippen LogP contribution in [0.25, 0.3) is 0 Å². The molecule has 0 fully saturated rings. The van der Waals surface area contributed by atoms with Gasteiger partial charge < -0.3 is 5.32 Å². The van der Waals surface area contributed by atoms with Crippen molar-refractivity contribution in [3.63, 3.8) is 0 Å². The van der Waals surface area contributed by atoms with Crippen LogP contribution in [0.1, 0.15) is 11.3 Å². The summed E-state index contributed by atoms with van der Waals surface area (Å²) in [5, 5.41) is 6.07. The van der Waals surface area contributed by atoms with Gasteiger partial charge in [0.25, 0.3) is 0 Å². The molecule has 3 nitrogen and oxygen atoms in total. The molecule has 0 aliphatic carbocycles. The van der Waals surface area contributed by atoms with Crippen molar-refractivity contribution in [3.8, 4) is 0 Å². The Bertz CT molecular complexity index is 397. The number of anilines is 1. The molecule has 0 aromatic carbocycles. The highest BCUT2D eigenvalue weighted by molar-refractivity contribution is 7.13. The molecule has 2 rings (SSSR count). The van der Waals surface area contributed by atoms with E-state index >= 15 is 0 Å². The second-order valence-corrected chi connectivity index (χ2v) is 3.78. The fourth-order valence-electron chi connectivity index (χ4n) is 1.21. The van der Waals surface area contributed by atoms with E-state index in [9.17, 15) is 0 Å². The fraction of sp³-hybridized carbons (Fsp3) is 0.200. The third-order valence-electron chi connectivity index (χ3n) is 1.90. The Balaban J connectivity index is 2.11. The highest BCUT2D eigenvalue weighted by Crippen LogP contribution is 2.16. The quantitative estimate of drug-likeness (QED) is 0.834. The lowest BCUT2D eigenvalue weighted by Gasteiger charge is -1.95. The van der Waals surface area contributed by atoms with Gasteiger partial charge in [-0.3, -0.25) is 4.98 Å². The van der Waals surface area contributed by atoms with E-state index in [0.717, 1.165) is 17.2 Å². The average molecular weight is 205 g/mol. The van der Waals surface area contributed by atoms with Crippen molar-refractivity contribution in [2.24, 2.45) is 0 Å². The molecule has 0 atom stereocenters. The molecule has 72 valence electrons. The van der Waals surface area contributed by atoms with Crippen molar-refractivity contribution < 1.29 is 0 Å². The monoisotopic (exact) mass is 205 g/mol. The van der Waals surface area contributed by atoms with E-state index in [1.54, 1.807) is 23.7 Å². The summed E-state index contributed by atoms with van der Waals surface area (Å²) < 4.78 is 0. The first kappa shape index (κ1) is 9.15. The molecule has 0 saturated heterocycles. The van der Waals surface area contributed by atoms with Crippen molar-refractivity contribution in [1.29, 1.82) is 0 Å². The van der Waals surface area contributed by atoms with Crippen molar-refractivity contribution in [2.75, 3.05) is 12.4 Å². The Hall–Kier alpha value is -1.42. The normalized spacial score (nSPS) is 10.1. The van der Waals surface area contributed by atoms with Gasteiger partial charge in [-0.05, 0) is 17.7 Å². The van der Waals surface area contributed by atoms with Crippen LogP contribution < -0.4 is 5.32 Å². The standard InChI is InChI=1S/C10H11N3S/c1-11-10-13-9(7-14-10)6-8-2-4-12-5-3-8/h2-5,7H,6H2,1H3,(H,11,13). The predicted molar refractivity (Wildman–Crippen MR) is 58.7 cm³/mol. The lowest BCUT2D eigenvalue weighted by atomic mass is 10.2. The summed E-state index contributed by atoms with van der Waals surface area (Å²) in [6.07, 6.45) is 4.49. The molecular weight excluding hydrogens is 194 g/mol. The van der Waals surface area contributed by atoms with Crippen molar-refractivity contribution >= 4 is 16.5 Å². The van der Waals surface area contributed by atoms with Crippen LogP contribution in [0.4, 0.5) is 5.13 Å². The topological polar surface area (TPSA) is 37.8 Å². The lowest BCUT2D eigenvalue weighted by molar-refractivity contribution is 1.09. The van der Waals surface area contributed by atoms with Crippen LogP contribution in [-0.2, 0) is 6.42 Å². The molecule has 0 aliphatic rings. The molecule has 0 radical (unpaired) electrons. The highest BCUT2D eigenvalue weighted by Gasteiger charge is 2.00. The minimum Gasteiger partial charge on any atom is -0.365 e. The van der Waals surface area contributed by atoms with Gasteiger partial charge in [-0.15, -0.1) is 11.3 Å². The number of pyridine rings is 1. The summed E-state index contributed by atoms with van der Waals surface area (Å²) in [4.78, 5) is 8.39. The van der Waals surface area contributed by atoms with Gasteiger partial charge in [0.2, 0.25) is 0 Å². The number of nitrogens with one attached hydrogen (secondary N) is 1. The summed E-state index contributed by atoms with van der Waals surface area (Å²) in [7, 11) is 1.88. The third kappa shape index (κ3) is 2.09. The van der Waals surface area contributed by atoms with E-state index in [1.807, 2.05) is 19.2 Å². The number of hydrogen-bond donors (Lipinski definition) is 1. The number of rotatable bonds is 3. The second kappa shape index (κ2) is 4.19. The lowest BCUT2D eigenvalue weighted by Crippen LogP contribution is -1.90. The average Bonchev–Trinajstić information content (AvgIpc) is 2.67. The summed E-state index contributed by atoms with van der Waals surface area (Å²) in [6, 6.07) is 4.02. The third-order valence-corrected chi connectivity index (χ3v) is 2.81. The van der Waals surface area contributed by atoms with Crippen LogP contribution >= 0.6 is 11.3 Å². The summed E-state index contributed by atoms with van der Waals surface area (Å²) in [6.45, 7) is 0. The summed E-state index contributed by atoms with van der Waals surface area (Å²) in [5.41, 5.74) is 2.35. The van der Waals surface area contributed by atoms with Crippen molar-refractivity contribution in [1.82, 2.24) is 9.97 Å². The smallest absolute Gasteiger partial charge is 0.182 e. The molecule has 1 N–H and O–H groups in total. The Morgan fingerprint density at radius 1 is 1.36 bits per heavy atom. The molecule has 14 heavy (non-hydrogen) atoms. The molecule has 2 aromatic heterocycles. The van der Waals surface area contributed by atoms with Gasteiger partial charge in [-0.1, -0.05) is 0 Å². The van der Waals surface area contributed by atoms with Crippen molar-refractivity contribution in [2.45, 2.75) is 6.42 Å². The maximum atomic E-state index is 4.41. The van der Waals surface area contributed by atoms with Gasteiger partial charge in [-0.25, -0.2) is 4.98 Å². The Morgan fingerprint density at radius 3 is 2.79 bits per heavy atom. The van der Waals surface area contributed by atoms with E-state index in [2.05, 4.69) is 20.7 Å². The number of thiazole rings is 1. The van der Waals surface area contributed by atoms with Crippen molar-refractivity contribution in [3.05, 3.63) is 41.2 Å². The molecule has 2 aromatic rings. The van der Waals surface area contributed by atoms with E-state index < -0.39 is 0 Å². The molecule has 2 heterocycles. The summed E-state index contributed by atoms with van der Waals surface area (Å²) >= 11 is 1.63. The molecule has 0 bridgehead atoms. The zero-order chi connectivity index (χ0) is 9.80. The zero-order valence-electron chi connectivity index (χ0n) is 7.90. The first-order valence-corrected chi connectivity index (χ1v) is 5.27. The Morgan fingerprint density at radius 2 is 2.14 bits per heavy atom. The number of nitrogens with zero attached hydrogens (tertiary/aromatic N) is 2.